The molecule has 0 bridgehead atoms. The first kappa shape index (κ1) is 16.9. The van der Waals surface area contributed by atoms with Gasteiger partial charge in [-0.3, -0.25) is 4.98 Å². The summed E-state index contributed by atoms with van der Waals surface area (Å²) in [6.45, 7) is 2.83. The molecule has 0 aliphatic carbocycles. The zero-order chi connectivity index (χ0) is 17.9. The monoisotopic (exact) mass is 380 g/mol. The minimum Gasteiger partial charge on any atom is -0.365 e. The van der Waals surface area contributed by atoms with Crippen LogP contribution in [0.1, 0.15) is 17.4 Å². The van der Waals surface area contributed by atoms with E-state index in [2.05, 4.69) is 23.3 Å². The number of thiophene rings is 1. The van der Waals surface area contributed by atoms with Crippen molar-refractivity contribution >= 4 is 39.0 Å². The third-order valence-corrected chi connectivity index (χ3v) is 5.51. The summed E-state index contributed by atoms with van der Waals surface area (Å²) in [6, 6.07) is 13.9. The highest BCUT2D eigenvalue weighted by Crippen LogP contribution is 2.31. The van der Waals surface area contributed by atoms with Crippen molar-refractivity contribution in [1.82, 2.24) is 15.0 Å². The SMILES string of the molecule is CCc1cc2c(NCc3ccc(Cl)cc3)nc(-c3cccnc3)nc2s1. The number of nitrogens with zero attached hydrogens (tertiary/aromatic N) is 3. The van der Waals surface area contributed by atoms with Crippen LogP contribution < -0.4 is 5.32 Å². The van der Waals surface area contributed by atoms with Crippen LogP contribution in [0.2, 0.25) is 5.02 Å². The normalized spacial score (nSPS) is 11.0. The van der Waals surface area contributed by atoms with Crippen LogP contribution in [0.3, 0.4) is 0 Å². The van der Waals surface area contributed by atoms with Crippen LogP contribution >= 0.6 is 22.9 Å². The molecule has 0 amide bonds. The van der Waals surface area contributed by atoms with E-state index in [0.29, 0.717) is 12.4 Å². The number of pyridine rings is 1. The van der Waals surface area contributed by atoms with Gasteiger partial charge in [-0.25, -0.2) is 9.97 Å². The number of nitrogens with one attached hydrogen (secondary N) is 1. The Hall–Kier alpha value is -2.50. The largest absolute Gasteiger partial charge is 0.365 e. The summed E-state index contributed by atoms with van der Waals surface area (Å²) in [4.78, 5) is 16.0. The molecule has 3 aromatic heterocycles. The van der Waals surface area contributed by atoms with Crippen molar-refractivity contribution in [2.45, 2.75) is 19.9 Å². The second-order valence-electron chi connectivity index (χ2n) is 5.90. The smallest absolute Gasteiger partial charge is 0.164 e. The molecule has 0 saturated carbocycles. The van der Waals surface area contributed by atoms with E-state index in [1.54, 1.807) is 23.7 Å². The fourth-order valence-electron chi connectivity index (χ4n) is 2.69. The second kappa shape index (κ2) is 7.40. The van der Waals surface area contributed by atoms with Gasteiger partial charge >= 0.3 is 0 Å². The number of benzene rings is 1. The molecule has 6 heteroatoms. The minimum absolute atomic E-state index is 0.674. The fraction of sp³-hybridized carbons (Fsp3) is 0.150. The lowest BCUT2D eigenvalue weighted by Gasteiger charge is -2.09. The predicted molar refractivity (Wildman–Crippen MR) is 109 cm³/mol. The standard InChI is InChI=1S/C20H17ClN4S/c1-2-16-10-17-19(23-11-13-5-7-15(21)8-6-13)24-18(25-20(17)26-16)14-4-3-9-22-12-14/h3-10,12H,2,11H2,1H3,(H,23,24,25). The van der Waals surface area contributed by atoms with Gasteiger partial charge < -0.3 is 5.32 Å². The van der Waals surface area contributed by atoms with Crippen LogP contribution in [-0.4, -0.2) is 15.0 Å². The molecular formula is C20H17ClN4S. The molecule has 0 radical (unpaired) electrons. The Labute approximate surface area is 160 Å². The van der Waals surface area contributed by atoms with Gasteiger partial charge in [-0.05, 0) is 42.3 Å². The van der Waals surface area contributed by atoms with Gasteiger partial charge in [0, 0.05) is 34.4 Å². The number of anilines is 1. The molecule has 0 unspecified atom stereocenters. The first-order valence-corrected chi connectivity index (χ1v) is 9.61. The van der Waals surface area contributed by atoms with Gasteiger partial charge in [0.1, 0.15) is 10.6 Å². The van der Waals surface area contributed by atoms with Crippen molar-refractivity contribution in [3.05, 3.63) is 70.3 Å². The van der Waals surface area contributed by atoms with Crippen LogP contribution in [0, 0.1) is 0 Å². The van der Waals surface area contributed by atoms with Crippen LogP contribution in [0.4, 0.5) is 5.82 Å². The van der Waals surface area contributed by atoms with E-state index in [9.17, 15) is 0 Å². The fourth-order valence-corrected chi connectivity index (χ4v) is 3.79. The van der Waals surface area contributed by atoms with Gasteiger partial charge in [-0.1, -0.05) is 30.7 Å². The summed E-state index contributed by atoms with van der Waals surface area (Å²) < 4.78 is 0. The highest BCUT2D eigenvalue weighted by molar-refractivity contribution is 7.18. The maximum atomic E-state index is 5.97. The molecule has 1 N–H and O–H groups in total. The van der Waals surface area contributed by atoms with Crippen molar-refractivity contribution in [3.63, 3.8) is 0 Å². The van der Waals surface area contributed by atoms with E-state index >= 15 is 0 Å². The zero-order valence-electron chi connectivity index (χ0n) is 14.2. The van der Waals surface area contributed by atoms with Crippen molar-refractivity contribution in [1.29, 1.82) is 0 Å². The third kappa shape index (κ3) is 3.54. The average molecular weight is 381 g/mol. The van der Waals surface area contributed by atoms with Gasteiger partial charge in [0.2, 0.25) is 0 Å². The van der Waals surface area contributed by atoms with E-state index < -0.39 is 0 Å². The van der Waals surface area contributed by atoms with E-state index in [-0.39, 0.29) is 0 Å². The van der Waals surface area contributed by atoms with E-state index in [4.69, 9.17) is 21.6 Å². The second-order valence-corrected chi connectivity index (χ2v) is 7.45. The Morgan fingerprint density at radius 2 is 1.96 bits per heavy atom. The molecule has 0 fully saturated rings. The molecule has 4 rings (SSSR count). The first-order valence-electron chi connectivity index (χ1n) is 8.42. The van der Waals surface area contributed by atoms with E-state index in [1.807, 2.05) is 36.4 Å². The Morgan fingerprint density at radius 1 is 1.12 bits per heavy atom. The van der Waals surface area contributed by atoms with Crippen molar-refractivity contribution in [2.75, 3.05) is 5.32 Å². The maximum absolute atomic E-state index is 5.97. The molecule has 1 aromatic carbocycles. The first-order chi connectivity index (χ1) is 12.7. The summed E-state index contributed by atoms with van der Waals surface area (Å²) in [5, 5.41) is 5.26. The Morgan fingerprint density at radius 3 is 2.69 bits per heavy atom. The topological polar surface area (TPSA) is 50.7 Å². The molecule has 4 aromatic rings. The summed E-state index contributed by atoms with van der Waals surface area (Å²) >= 11 is 7.68. The van der Waals surface area contributed by atoms with Crippen molar-refractivity contribution in [3.8, 4) is 11.4 Å². The molecule has 3 heterocycles. The van der Waals surface area contributed by atoms with Crippen LogP contribution in [-0.2, 0) is 13.0 Å². The molecule has 4 nitrogen and oxygen atoms in total. The number of hydrogen-bond donors (Lipinski definition) is 1. The highest BCUT2D eigenvalue weighted by atomic mass is 35.5. The van der Waals surface area contributed by atoms with Crippen LogP contribution in [0.25, 0.3) is 21.6 Å². The Bertz CT molecular complexity index is 1030. The van der Waals surface area contributed by atoms with Gasteiger partial charge in [-0.2, -0.15) is 0 Å². The van der Waals surface area contributed by atoms with Crippen molar-refractivity contribution < 1.29 is 0 Å². The lowest BCUT2D eigenvalue weighted by atomic mass is 10.2. The highest BCUT2D eigenvalue weighted by Gasteiger charge is 2.12. The summed E-state index contributed by atoms with van der Waals surface area (Å²) in [5.41, 5.74) is 2.06. The molecule has 26 heavy (non-hydrogen) atoms. The quantitative estimate of drug-likeness (QED) is 0.491. The Balaban J connectivity index is 1.73. The lowest BCUT2D eigenvalue weighted by Crippen LogP contribution is -2.03. The maximum Gasteiger partial charge on any atom is 0.164 e. The molecule has 0 saturated heterocycles. The Kier molecular flexibility index (Phi) is 4.82. The number of fused-ring (bicyclic) bond motifs is 1. The van der Waals surface area contributed by atoms with E-state index in [0.717, 1.165) is 38.6 Å². The zero-order valence-corrected chi connectivity index (χ0v) is 15.8. The third-order valence-electron chi connectivity index (χ3n) is 4.09. The van der Waals surface area contributed by atoms with Crippen LogP contribution in [0.15, 0.2) is 54.9 Å². The van der Waals surface area contributed by atoms with Crippen molar-refractivity contribution in [2.24, 2.45) is 0 Å². The summed E-state index contributed by atoms with van der Waals surface area (Å²) in [6.07, 6.45) is 4.53. The van der Waals surface area contributed by atoms with Gasteiger partial charge in [0.25, 0.3) is 0 Å². The van der Waals surface area contributed by atoms with Gasteiger partial charge in [-0.15, -0.1) is 11.3 Å². The number of hydrogen-bond acceptors (Lipinski definition) is 5. The number of aromatic nitrogens is 3. The summed E-state index contributed by atoms with van der Waals surface area (Å²) in [7, 11) is 0. The number of halogens is 1. The summed E-state index contributed by atoms with van der Waals surface area (Å²) in [5.74, 6) is 1.54. The lowest BCUT2D eigenvalue weighted by molar-refractivity contribution is 1.11. The number of aryl methyl sites for hydroxylation is 1. The molecule has 0 aliphatic rings. The molecule has 0 spiro atoms. The van der Waals surface area contributed by atoms with Gasteiger partial charge in [0.15, 0.2) is 5.82 Å². The molecule has 0 atom stereocenters. The minimum atomic E-state index is 0.674. The predicted octanol–water partition coefficient (Wildman–Crippen LogP) is 5.58. The van der Waals surface area contributed by atoms with Crippen LogP contribution in [0.5, 0.6) is 0 Å². The van der Waals surface area contributed by atoms with E-state index in [1.165, 1.54) is 4.88 Å². The molecular weight excluding hydrogens is 364 g/mol. The van der Waals surface area contributed by atoms with Gasteiger partial charge in [0.05, 0.1) is 5.39 Å². The molecule has 0 aliphatic heterocycles. The number of rotatable bonds is 5. The molecule has 130 valence electrons. The average Bonchev–Trinajstić information content (AvgIpc) is 3.11.